The van der Waals surface area contributed by atoms with E-state index in [9.17, 15) is 18.0 Å². The Hall–Kier alpha value is -3.76. The molecule has 0 radical (unpaired) electrons. The number of ether oxygens (including phenoxy) is 2. The topological polar surface area (TPSA) is 105 Å². The number of rotatable bonds is 13. The van der Waals surface area contributed by atoms with Gasteiger partial charge in [0.2, 0.25) is 11.8 Å². The maximum absolute atomic E-state index is 14.0. The number of sulfonamides is 1. The maximum atomic E-state index is 14.0. The summed E-state index contributed by atoms with van der Waals surface area (Å²) in [5.74, 6) is -0.312. The van der Waals surface area contributed by atoms with Gasteiger partial charge in [0.25, 0.3) is 10.0 Å². The molecule has 0 aliphatic carbocycles. The minimum Gasteiger partial charge on any atom is -0.493 e. The molecule has 0 aliphatic heterocycles. The monoisotopic (exact) mass is 587 g/mol. The van der Waals surface area contributed by atoms with Crippen LogP contribution in [0.3, 0.4) is 0 Å². The Morgan fingerprint density at radius 2 is 1.65 bits per heavy atom. The molecule has 1 unspecified atom stereocenters. The highest BCUT2D eigenvalue weighted by Gasteiger charge is 2.33. The molecule has 9 nitrogen and oxygen atoms in total. The summed E-state index contributed by atoms with van der Waals surface area (Å²) in [6.45, 7) is 3.50. The number of nitrogens with one attached hydrogen (secondary N) is 1. The number of halogens is 1. The molecule has 1 N–H and O–H groups in total. The Morgan fingerprint density at radius 1 is 0.950 bits per heavy atom. The zero-order chi connectivity index (χ0) is 29.3. The van der Waals surface area contributed by atoms with Gasteiger partial charge >= 0.3 is 0 Å². The van der Waals surface area contributed by atoms with E-state index in [1.54, 1.807) is 61.5 Å². The average molecular weight is 588 g/mol. The molecule has 3 aromatic rings. The van der Waals surface area contributed by atoms with Crippen molar-refractivity contribution in [1.82, 2.24) is 10.2 Å². The number of carbonyl (C=O) groups is 2. The van der Waals surface area contributed by atoms with E-state index in [4.69, 9.17) is 21.1 Å². The van der Waals surface area contributed by atoms with Crippen molar-refractivity contribution < 1.29 is 27.5 Å². The number of hydrogen-bond donors (Lipinski definition) is 1. The highest BCUT2D eigenvalue weighted by atomic mass is 35.5. The molecule has 11 heteroatoms. The van der Waals surface area contributed by atoms with E-state index in [1.165, 1.54) is 37.3 Å². The lowest BCUT2D eigenvalue weighted by atomic mass is 10.1. The van der Waals surface area contributed by atoms with Gasteiger partial charge in [-0.25, -0.2) is 8.42 Å². The Kier molecular flexibility index (Phi) is 10.8. The Balaban J connectivity index is 2.03. The number of hydrogen-bond acceptors (Lipinski definition) is 6. The predicted molar refractivity (Wildman–Crippen MR) is 155 cm³/mol. The Labute approximate surface area is 240 Å². The van der Waals surface area contributed by atoms with E-state index in [-0.39, 0.29) is 28.8 Å². The fourth-order valence-electron chi connectivity index (χ4n) is 4.04. The third-order valence-corrected chi connectivity index (χ3v) is 8.23. The second-order valence-electron chi connectivity index (χ2n) is 8.98. The number of nitrogens with zero attached hydrogens (tertiary/aromatic N) is 2. The van der Waals surface area contributed by atoms with E-state index in [2.05, 4.69) is 5.32 Å². The molecule has 40 heavy (non-hydrogen) atoms. The van der Waals surface area contributed by atoms with Gasteiger partial charge in [-0.05, 0) is 55.3 Å². The minimum atomic E-state index is -4.25. The summed E-state index contributed by atoms with van der Waals surface area (Å²) in [5, 5.41) is 3.29. The quantitative estimate of drug-likeness (QED) is 0.316. The Morgan fingerprint density at radius 3 is 2.27 bits per heavy atom. The minimum absolute atomic E-state index is 0.0547. The van der Waals surface area contributed by atoms with Crippen LogP contribution in [-0.4, -0.2) is 58.5 Å². The van der Waals surface area contributed by atoms with Crippen molar-refractivity contribution in [2.45, 2.75) is 37.8 Å². The maximum Gasteiger partial charge on any atom is 0.264 e. The smallest absolute Gasteiger partial charge is 0.264 e. The van der Waals surface area contributed by atoms with Crippen molar-refractivity contribution >= 4 is 39.1 Å². The van der Waals surface area contributed by atoms with E-state index >= 15 is 0 Å². The van der Waals surface area contributed by atoms with Gasteiger partial charge in [0.05, 0.1) is 24.8 Å². The second kappa shape index (κ2) is 14.0. The molecular weight excluding hydrogens is 554 g/mol. The second-order valence-corrected chi connectivity index (χ2v) is 11.3. The van der Waals surface area contributed by atoms with E-state index in [0.29, 0.717) is 22.9 Å². The van der Waals surface area contributed by atoms with Crippen LogP contribution >= 0.6 is 11.6 Å². The zero-order valence-electron chi connectivity index (χ0n) is 23.0. The number of para-hydroxylation sites is 1. The fraction of sp³-hybridized carbons (Fsp3) is 0.310. The molecule has 0 spiro atoms. The first-order valence-electron chi connectivity index (χ1n) is 12.7. The standard InChI is InChI=1S/C29H34ClN3O6S/c1-5-16-31-29(35)21(2)32(19-22-10-9-11-23(30)17-22)28(34)20-33(24-12-7-6-8-13-24)40(36,37)25-14-15-26(38-3)27(18-25)39-4/h6-15,17-18,21H,5,16,19-20H2,1-4H3,(H,31,35). The van der Waals surface area contributed by atoms with E-state index in [0.717, 1.165) is 10.7 Å². The van der Waals surface area contributed by atoms with Crippen LogP contribution in [-0.2, 0) is 26.2 Å². The van der Waals surface area contributed by atoms with Gasteiger partial charge in [-0.1, -0.05) is 48.9 Å². The SMILES string of the molecule is CCCNC(=O)C(C)N(Cc1cccc(Cl)c1)C(=O)CN(c1ccccc1)S(=O)(=O)c1ccc(OC)c(OC)c1. The molecule has 2 amide bonds. The van der Waals surface area contributed by atoms with Gasteiger partial charge in [-0.3, -0.25) is 13.9 Å². The Bertz CT molecular complexity index is 1420. The molecule has 0 saturated carbocycles. The number of anilines is 1. The molecule has 0 aromatic heterocycles. The predicted octanol–water partition coefficient (Wildman–Crippen LogP) is 4.50. The molecule has 0 heterocycles. The molecule has 0 bridgehead atoms. The number of amides is 2. The first kappa shape index (κ1) is 30.8. The van der Waals surface area contributed by atoms with Gasteiger partial charge in [0.15, 0.2) is 11.5 Å². The highest BCUT2D eigenvalue weighted by molar-refractivity contribution is 7.92. The van der Waals surface area contributed by atoms with Crippen LogP contribution in [0.15, 0.2) is 77.7 Å². The first-order chi connectivity index (χ1) is 19.1. The van der Waals surface area contributed by atoms with E-state index in [1.807, 2.05) is 6.92 Å². The molecule has 0 aliphatic rings. The van der Waals surface area contributed by atoms with Crippen molar-refractivity contribution in [3.8, 4) is 11.5 Å². The van der Waals surface area contributed by atoms with Crippen molar-refractivity contribution in [2.75, 3.05) is 31.6 Å². The molecular formula is C29H34ClN3O6S. The highest BCUT2D eigenvalue weighted by Crippen LogP contribution is 2.32. The lowest BCUT2D eigenvalue weighted by molar-refractivity contribution is -0.139. The molecule has 0 saturated heterocycles. The lowest BCUT2D eigenvalue weighted by Crippen LogP contribution is -2.51. The third kappa shape index (κ3) is 7.45. The molecule has 1 atom stereocenters. The van der Waals surface area contributed by atoms with Gasteiger partial charge in [-0.2, -0.15) is 0 Å². The summed E-state index contributed by atoms with van der Waals surface area (Å²) in [7, 11) is -1.39. The molecule has 3 aromatic carbocycles. The van der Waals surface area contributed by atoms with Gasteiger partial charge < -0.3 is 19.7 Å². The summed E-state index contributed by atoms with van der Waals surface area (Å²) < 4.78 is 39.5. The lowest BCUT2D eigenvalue weighted by Gasteiger charge is -2.32. The summed E-state index contributed by atoms with van der Waals surface area (Å²) in [5.41, 5.74) is 0.987. The van der Waals surface area contributed by atoms with Crippen molar-refractivity contribution in [2.24, 2.45) is 0 Å². The fourth-order valence-corrected chi connectivity index (χ4v) is 5.68. The van der Waals surface area contributed by atoms with Gasteiger partial charge in [-0.15, -0.1) is 0 Å². The van der Waals surface area contributed by atoms with E-state index < -0.39 is 28.5 Å². The van der Waals surface area contributed by atoms with Crippen LogP contribution in [0.2, 0.25) is 5.02 Å². The average Bonchev–Trinajstić information content (AvgIpc) is 2.96. The van der Waals surface area contributed by atoms with Crippen LogP contribution in [0.5, 0.6) is 11.5 Å². The molecule has 214 valence electrons. The number of methoxy groups -OCH3 is 2. The van der Waals surface area contributed by atoms with Crippen LogP contribution in [0, 0.1) is 0 Å². The first-order valence-corrected chi connectivity index (χ1v) is 14.6. The third-order valence-electron chi connectivity index (χ3n) is 6.22. The van der Waals surface area contributed by atoms with Crippen LogP contribution in [0.4, 0.5) is 5.69 Å². The van der Waals surface area contributed by atoms with Gasteiger partial charge in [0, 0.05) is 24.2 Å². The number of benzene rings is 3. The van der Waals surface area contributed by atoms with Crippen LogP contribution in [0.1, 0.15) is 25.8 Å². The normalized spacial score (nSPS) is 11.8. The molecule has 0 fully saturated rings. The van der Waals surface area contributed by atoms with Crippen molar-refractivity contribution in [3.63, 3.8) is 0 Å². The summed E-state index contributed by atoms with van der Waals surface area (Å²) in [4.78, 5) is 28.1. The van der Waals surface area contributed by atoms with Crippen molar-refractivity contribution in [1.29, 1.82) is 0 Å². The summed E-state index contributed by atoms with van der Waals surface area (Å²) in [6, 6.07) is 18.6. The number of carbonyl (C=O) groups excluding carboxylic acids is 2. The summed E-state index contributed by atoms with van der Waals surface area (Å²) in [6.07, 6.45) is 0.728. The van der Waals surface area contributed by atoms with Gasteiger partial charge in [0.1, 0.15) is 12.6 Å². The zero-order valence-corrected chi connectivity index (χ0v) is 24.5. The van der Waals surface area contributed by atoms with Crippen LogP contribution in [0.25, 0.3) is 0 Å². The van der Waals surface area contributed by atoms with Crippen LogP contribution < -0.4 is 19.1 Å². The largest absolute Gasteiger partial charge is 0.493 e. The van der Waals surface area contributed by atoms with Crippen molar-refractivity contribution in [3.05, 3.63) is 83.4 Å². The molecule has 3 rings (SSSR count). The summed E-state index contributed by atoms with van der Waals surface area (Å²) >= 11 is 6.17.